The fourth-order valence-electron chi connectivity index (χ4n) is 12.5. The maximum atomic E-state index is 13.5. The lowest BCUT2D eigenvalue weighted by atomic mass is 10.1. The summed E-state index contributed by atoms with van der Waals surface area (Å²) in [5.41, 5.74) is 18.2. The number of hydrogen-bond donors (Lipinski definition) is 6. The van der Waals surface area contributed by atoms with E-state index in [0.29, 0.717) is 124 Å². The average molecular weight is 1670 g/mol. The molecule has 7 saturated heterocycles. The van der Waals surface area contributed by atoms with E-state index in [1.165, 1.54) is 31.4 Å². The summed E-state index contributed by atoms with van der Waals surface area (Å²) in [4.78, 5) is 151. The number of nitrogens with one attached hydrogen (secondary N) is 1. The van der Waals surface area contributed by atoms with Crippen LogP contribution in [0.25, 0.3) is 10.8 Å². The average Bonchev–Trinajstić information content (AvgIpc) is 0.797. The van der Waals surface area contributed by atoms with Gasteiger partial charge < -0.3 is 91.3 Å². The van der Waals surface area contributed by atoms with Crippen molar-refractivity contribution in [2.75, 3.05) is 214 Å². The number of piperazine rings is 6. The van der Waals surface area contributed by atoms with Crippen LogP contribution >= 0.6 is 0 Å². The Bertz CT molecular complexity index is 3160. The second-order valence-electron chi connectivity index (χ2n) is 35.1. The molecule has 118 heavy (non-hydrogen) atoms. The second kappa shape index (κ2) is 51.8. The van der Waals surface area contributed by atoms with Crippen LogP contribution in [0, 0.1) is 5.82 Å². The number of Topliss-reactive ketones (excluding diaryl/α,β-unsaturated/α-hetero) is 1. The Morgan fingerprint density at radius 1 is 0.373 bits per heavy atom. The highest BCUT2D eigenvalue weighted by Gasteiger charge is 2.32. The molecule has 672 valence electrons. The Kier molecular flexibility index (Phi) is 45.5. The number of ketones is 1. The van der Waals surface area contributed by atoms with E-state index >= 15 is 0 Å². The van der Waals surface area contributed by atoms with E-state index in [1.807, 2.05) is 110 Å². The smallest absolute Gasteiger partial charge is 0.410 e. The highest BCUT2D eigenvalue weighted by atomic mass is 19.1. The summed E-state index contributed by atoms with van der Waals surface area (Å²) in [5.74, 6) is -1.03. The first-order chi connectivity index (χ1) is 55.0. The van der Waals surface area contributed by atoms with Crippen LogP contribution in [-0.2, 0) is 52.5 Å². The molecule has 9 amide bonds. The maximum Gasteiger partial charge on any atom is 0.410 e. The number of aliphatic carboxylic acids is 1. The Morgan fingerprint density at radius 2 is 0.644 bits per heavy atom. The van der Waals surface area contributed by atoms with Crippen LogP contribution in [0.1, 0.15) is 169 Å². The van der Waals surface area contributed by atoms with E-state index in [4.69, 9.17) is 51.7 Å². The Hall–Kier alpha value is -8.55. The molecule has 36 heteroatoms. The Balaban J connectivity index is 0.000000359. The lowest BCUT2D eigenvalue weighted by Gasteiger charge is -2.35. The van der Waals surface area contributed by atoms with Gasteiger partial charge in [0, 0.05) is 240 Å². The van der Waals surface area contributed by atoms with Crippen LogP contribution in [0.3, 0.4) is 0 Å². The summed E-state index contributed by atoms with van der Waals surface area (Å²) >= 11 is 0. The third-order valence-corrected chi connectivity index (χ3v) is 18.8. The van der Waals surface area contributed by atoms with Gasteiger partial charge in [-0.3, -0.25) is 53.3 Å². The van der Waals surface area contributed by atoms with Crippen molar-refractivity contribution in [1.82, 2.24) is 64.2 Å². The summed E-state index contributed by atoms with van der Waals surface area (Å²) in [6.07, 6.45) is 6.76. The van der Waals surface area contributed by atoms with Gasteiger partial charge in [0.1, 0.15) is 45.4 Å². The third-order valence-electron chi connectivity index (χ3n) is 18.8. The molecule has 0 aliphatic carbocycles. The van der Waals surface area contributed by atoms with Crippen LogP contribution in [0.4, 0.5) is 34.2 Å². The van der Waals surface area contributed by atoms with Gasteiger partial charge in [0.2, 0.25) is 23.6 Å². The molecule has 0 radical (unpaired) electrons. The number of halogens is 1. The Morgan fingerprint density at radius 3 is 0.924 bits per heavy atom. The molecule has 0 unspecified atom stereocenters. The minimum absolute atomic E-state index is 0.145. The minimum Gasteiger partial charge on any atom is -0.481 e. The van der Waals surface area contributed by atoms with E-state index in [0.717, 1.165) is 134 Å². The number of anilines is 1. The monoisotopic (exact) mass is 1670 g/mol. The van der Waals surface area contributed by atoms with Gasteiger partial charge in [-0.15, -0.1) is 0 Å². The van der Waals surface area contributed by atoms with Gasteiger partial charge in [-0.2, -0.15) is 0 Å². The van der Waals surface area contributed by atoms with Crippen molar-refractivity contribution in [2.45, 2.75) is 197 Å². The summed E-state index contributed by atoms with van der Waals surface area (Å²) in [6.45, 7) is 53.6. The van der Waals surface area contributed by atoms with E-state index in [9.17, 15) is 57.1 Å². The van der Waals surface area contributed by atoms with E-state index in [2.05, 4.69) is 44.6 Å². The number of primary amides is 4. The topological polar surface area (TPSA) is 422 Å². The number of rotatable bonds is 19. The molecule has 0 bridgehead atoms. The lowest BCUT2D eigenvalue weighted by molar-refractivity contribution is -0.137. The first kappa shape index (κ1) is 104. The number of aromatic nitrogens is 1. The number of amides is 9. The van der Waals surface area contributed by atoms with Crippen LogP contribution in [-0.4, -0.2) is 367 Å². The number of ether oxygens (including phenoxy) is 5. The molecule has 0 spiro atoms. The van der Waals surface area contributed by atoms with Gasteiger partial charge in [-0.25, -0.2) is 33.3 Å². The number of likely N-dealkylation sites (tertiary alicyclic amines) is 1. The van der Waals surface area contributed by atoms with Crippen LogP contribution in [0.5, 0.6) is 0 Å². The highest BCUT2D eigenvalue weighted by Crippen LogP contribution is 2.27. The van der Waals surface area contributed by atoms with Crippen LogP contribution in [0.2, 0.25) is 0 Å². The van der Waals surface area contributed by atoms with E-state index in [1.54, 1.807) is 43.7 Å². The summed E-state index contributed by atoms with van der Waals surface area (Å²) < 4.78 is 40.0. The number of nitrogens with zero attached hydrogens (tertiary/aromatic N) is 13. The number of piperidine rings is 1. The predicted octanol–water partition coefficient (Wildman–Crippen LogP) is 5.91. The fraction of sp³-hybridized carbons (Fsp3) is 0.756. The summed E-state index contributed by atoms with van der Waals surface area (Å²) in [5, 5.41) is 13.6. The summed E-state index contributed by atoms with van der Waals surface area (Å²) in [7, 11) is 0. The SMILES string of the molecule is CC(=O)CCN1CCN(C(=O)OC(C)(C)C)CC1.CC(C)(C)OC(=O)N1CCN(CCC(=O)O)CC1.CC(C)(C)OC(=O)N1CCN(CCC(N)=O)CC1.CC(C)(C)OC(=O)N1CCN(CCC(N)=O)CC1.CC(C)(C)OC(=O)N1CCNCC1.NC(=O)CCN1CCCCC1.NC(=O)CCN1CCN(c2nccc3ccc(F)cc23)CC1. The van der Waals surface area contributed by atoms with Gasteiger partial charge in [0.15, 0.2) is 0 Å². The van der Waals surface area contributed by atoms with Gasteiger partial charge in [0.25, 0.3) is 0 Å². The molecule has 2 aromatic rings. The number of hydrogen-bond acceptors (Lipinski definition) is 25. The van der Waals surface area contributed by atoms with Crippen molar-refractivity contribution in [2.24, 2.45) is 22.9 Å². The Labute approximate surface area is 699 Å². The molecular weight excluding hydrogens is 1530 g/mol. The lowest BCUT2D eigenvalue weighted by Crippen LogP contribution is -2.50. The van der Waals surface area contributed by atoms with Crippen molar-refractivity contribution in [3.8, 4) is 0 Å². The predicted molar refractivity (Wildman–Crippen MR) is 451 cm³/mol. The zero-order valence-electron chi connectivity index (χ0n) is 73.9. The molecule has 7 fully saturated rings. The molecule has 9 rings (SSSR count). The molecule has 7 aliphatic heterocycles. The standard InChI is InChI=1S/C16H19FN4O.C13H24N2O3.2C12H23N3O3.C12H22N2O4.C9H18N2O2.C8H16N2O/c17-13-2-1-12-3-5-19-16(14(12)11-13)21-9-7-20(8-10-21)6-4-15(18)22;1-11(16)5-6-14-7-9-15(10-8-14)12(17)18-13(2,3)4;2*1-12(2,3)18-11(17)15-8-6-14(7-9-15)5-4-10(13)16;1-12(2,3)18-11(17)14-8-6-13(7-9-14)5-4-10(15)16;1-9(2,3)13-8(12)11-6-4-10-5-7-11;9-8(11)4-7-10-5-2-1-3-6-10/h1-3,5,11H,4,6-10H2,(H2,18,22);5-10H2,1-4H3;2*4-9H2,1-3H3,(H2,13,16);4-9H2,1-3H3,(H,15,16);10H,4-7H2,1-3H3;1-7H2,(H2,9,11). The van der Waals surface area contributed by atoms with Crippen LogP contribution in [0.15, 0.2) is 30.5 Å². The second-order valence-corrected chi connectivity index (χ2v) is 35.1. The van der Waals surface area contributed by atoms with Crippen molar-refractivity contribution in [1.29, 1.82) is 0 Å². The van der Waals surface area contributed by atoms with Gasteiger partial charge in [-0.05, 0) is 160 Å². The number of carbonyl (C=O) groups is 11. The number of carboxylic acid groups (broad SMARTS) is 1. The number of fused-ring (bicyclic) bond motifs is 1. The molecular formula is C82H145FN18O17. The van der Waals surface area contributed by atoms with Gasteiger partial charge in [-0.1, -0.05) is 12.5 Å². The molecule has 8 heterocycles. The maximum absolute atomic E-state index is 13.5. The van der Waals surface area contributed by atoms with Crippen molar-refractivity contribution in [3.05, 3.63) is 36.3 Å². The molecule has 7 aliphatic rings. The molecule has 10 N–H and O–H groups in total. The van der Waals surface area contributed by atoms with Crippen molar-refractivity contribution < 1.29 is 85.9 Å². The summed E-state index contributed by atoms with van der Waals surface area (Å²) in [6, 6.07) is 6.67. The zero-order chi connectivity index (χ0) is 88.6. The van der Waals surface area contributed by atoms with E-state index < -0.39 is 28.4 Å². The number of benzene rings is 1. The van der Waals surface area contributed by atoms with Crippen molar-refractivity contribution in [3.63, 3.8) is 0 Å². The van der Waals surface area contributed by atoms with Gasteiger partial charge in [0.05, 0.1) is 6.42 Å². The number of pyridine rings is 1. The number of carbonyl (C=O) groups excluding carboxylic acids is 10. The first-order valence-corrected chi connectivity index (χ1v) is 41.6. The normalized spacial score (nSPS) is 17.7. The third kappa shape index (κ3) is 47.9. The molecule has 1 aromatic heterocycles. The molecule has 35 nitrogen and oxygen atoms in total. The molecule has 1 aromatic carbocycles. The number of nitrogens with two attached hydrogens (primary N) is 4. The zero-order valence-corrected chi connectivity index (χ0v) is 73.9. The molecule has 0 atom stereocenters. The quantitative estimate of drug-likeness (QED) is 0.0890. The largest absolute Gasteiger partial charge is 0.481 e. The van der Waals surface area contributed by atoms with Gasteiger partial charge >= 0.3 is 36.4 Å². The fourth-order valence-corrected chi connectivity index (χ4v) is 12.5. The molecule has 0 saturated carbocycles. The first-order valence-electron chi connectivity index (χ1n) is 41.6. The van der Waals surface area contributed by atoms with Crippen molar-refractivity contribution >= 4 is 82.4 Å². The van der Waals surface area contributed by atoms with Crippen LogP contribution < -0.4 is 33.2 Å². The number of carboxylic acids is 1. The van der Waals surface area contributed by atoms with E-state index in [-0.39, 0.29) is 77.7 Å². The minimum atomic E-state index is -0.787. The highest BCUT2D eigenvalue weighted by molar-refractivity contribution is 5.92.